The molecule has 2 rings (SSSR count). The van der Waals surface area contributed by atoms with E-state index in [1.807, 2.05) is 0 Å². The molecule has 2 aliphatic rings. The van der Waals surface area contributed by atoms with E-state index in [1.165, 1.54) is 12.8 Å². The van der Waals surface area contributed by atoms with Crippen molar-refractivity contribution in [2.45, 2.75) is 57.2 Å². The van der Waals surface area contributed by atoms with Gasteiger partial charge in [-0.15, -0.1) is 0 Å². The lowest BCUT2D eigenvalue weighted by molar-refractivity contribution is -0.538. The van der Waals surface area contributed by atoms with Crippen molar-refractivity contribution < 1.29 is 4.92 Å². The second-order valence-electron chi connectivity index (χ2n) is 4.71. The van der Waals surface area contributed by atoms with Crippen molar-refractivity contribution in [1.29, 1.82) is 0 Å². The minimum Gasteiger partial charge on any atom is -0.311 e. The monoisotopic (exact) mass is 198 g/mol. The molecular formula is C10H18N2O2. The number of nitrogens with zero attached hydrogens (tertiary/aromatic N) is 1. The standard InChI is InChI=1S/C10H18N2O2/c1-7-6-10(12(13)14)8-4-2-3-5-9(8)11-7/h7-11H,2-6H2,1H3/t7-,8?,9?,10-/m0/s1. The first-order valence-corrected chi connectivity index (χ1v) is 5.58. The Morgan fingerprint density at radius 3 is 2.79 bits per heavy atom. The van der Waals surface area contributed by atoms with Crippen molar-refractivity contribution in [3.8, 4) is 0 Å². The fourth-order valence-electron chi connectivity index (χ4n) is 3.04. The van der Waals surface area contributed by atoms with Gasteiger partial charge in [0.2, 0.25) is 6.04 Å². The van der Waals surface area contributed by atoms with Crippen LogP contribution >= 0.6 is 0 Å². The number of fused-ring (bicyclic) bond motifs is 1. The number of hydrogen-bond donors (Lipinski definition) is 1. The summed E-state index contributed by atoms with van der Waals surface area (Å²) in [5.41, 5.74) is 0. The molecule has 0 bridgehead atoms. The van der Waals surface area contributed by atoms with E-state index in [4.69, 9.17) is 0 Å². The Kier molecular flexibility index (Phi) is 2.72. The fourth-order valence-corrected chi connectivity index (χ4v) is 3.04. The van der Waals surface area contributed by atoms with E-state index in [-0.39, 0.29) is 16.9 Å². The zero-order valence-electron chi connectivity index (χ0n) is 8.61. The lowest BCUT2D eigenvalue weighted by Crippen LogP contribution is -2.56. The summed E-state index contributed by atoms with van der Waals surface area (Å²) < 4.78 is 0. The average Bonchev–Trinajstić information content (AvgIpc) is 2.16. The van der Waals surface area contributed by atoms with Crippen LogP contribution in [0.3, 0.4) is 0 Å². The molecule has 0 amide bonds. The van der Waals surface area contributed by atoms with E-state index < -0.39 is 0 Å². The minimum absolute atomic E-state index is 0.0552. The number of nitro groups is 1. The summed E-state index contributed by atoms with van der Waals surface area (Å²) in [5.74, 6) is 0.287. The van der Waals surface area contributed by atoms with Gasteiger partial charge in [0, 0.05) is 29.3 Å². The van der Waals surface area contributed by atoms with Crippen molar-refractivity contribution in [2.75, 3.05) is 0 Å². The van der Waals surface area contributed by atoms with Crippen LogP contribution < -0.4 is 5.32 Å². The summed E-state index contributed by atoms with van der Waals surface area (Å²) in [6.45, 7) is 2.06. The van der Waals surface area contributed by atoms with E-state index in [0.717, 1.165) is 12.8 Å². The smallest absolute Gasteiger partial charge is 0.218 e. The second kappa shape index (κ2) is 3.85. The van der Waals surface area contributed by atoms with Gasteiger partial charge in [0.25, 0.3) is 0 Å². The second-order valence-corrected chi connectivity index (χ2v) is 4.71. The maximum absolute atomic E-state index is 10.9. The molecule has 0 radical (unpaired) electrons. The molecule has 0 aromatic heterocycles. The summed E-state index contributed by atoms with van der Waals surface area (Å²) in [5, 5.41) is 14.4. The number of piperidine rings is 1. The zero-order valence-corrected chi connectivity index (χ0v) is 8.61. The predicted octanol–water partition coefficient (Wildman–Crippen LogP) is 1.57. The SMILES string of the molecule is C[C@H]1C[C@H]([N+](=O)[O-])C2CCCCC2N1. The van der Waals surface area contributed by atoms with Gasteiger partial charge in [-0.25, -0.2) is 0 Å². The van der Waals surface area contributed by atoms with Crippen LogP contribution in [0, 0.1) is 16.0 Å². The topological polar surface area (TPSA) is 55.2 Å². The molecule has 0 aromatic carbocycles. The molecule has 1 heterocycles. The molecular weight excluding hydrogens is 180 g/mol. The summed E-state index contributed by atoms with van der Waals surface area (Å²) in [4.78, 5) is 10.9. The first-order chi connectivity index (χ1) is 6.68. The van der Waals surface area contributed by atoms with Crippen LogP contribution in [-0.2, 0) is 0 Å². The molecule has 14 heavy (non-hydrogen) atoms. The number of hydrogen-bond acceptors (Lipinski definition) is 3. The molecule has 1 N–H and O–H groups in total. The van der Waals surface area contributed by atoms with E-state index in [0.29, 0.717) is 18.5 Å². The molecule has 4 atom stereocenters. The lowest BCUT2D eigenvalue weighted by atomic mass is 9.75. The normalized spacial score (nSPS) is 42.9. The van der Waals surface area contributed by atoms with Crippen LogP contribution in [0.25, 0.3) is 0 Å². The van der Waals surface area contributed by atoms with E-state index in [1.54, 1.807) is 0 Å². The number of nitrogens with one attached hydrogen (secondary N) is 1. The van der Waals surface area contributed by atoms with Crippen LogP contribution in [0.15, 0.2) is 0 Å². The predicted molar refractivity (Wildman–Crippen MR) is 53.7 cm³/mol. The molecule has 0 aromatic rings. The van der Waals surface area contributed by atoms with E-state index in [2.05, 4.69) is 12.2 Å². The van der Waals surface area contributed by atoms with Gasteiger partial charge >= 0.3 is 0 Å². The summed E-state index contributed by atoms with van der Waals surface area (Å²) in [7, 11) is 0. The van der Waals surface area contributed by atoms with Gasteiger partial charge in [0.1, 0.15) is 0 Å². The van der Waals surface area contributed by atoms with Crippen molar-refractivity contribution >= 4 is 0 Å². The van der Waals surface area contributed by atoms with Gasteiger partial charge in [-0.05, 0) is 19.8 Å². The maximum Gasteiger partial charge on any atom is 0.218 e. The van der Waals surface area contributed by atoms with E-state index in [9.17, 15) is 10.1 Å². The molecule has 4 heteroatoms. The summed E-state index contributed by atoms with van der Waals surface area (Å²) >= 11 is 0. The van der Waals surface area contributed by atoms with Gasteiger partial charge in [-0.2, -0.15) is 0 Å². The van der Waals surface area contributed by atoms with Crippen LogP contribution in [-0.4, -0.2) is 23.0 Å². The third kappa shape index (κ3) is 1.75. The van der Waals surface area contributed by atoms with Crippen molar-refractivity contribution in [3.05, 3.63) is 10.1 Å². The Balaban J connectivity index is 2.10. The van der Waals surface area contributed by atoms with Crippen LogP contribution in [0.5, 0.6) is 0 Å². The van der Waals surface area contributed by atoms with E-state index >= 15 is 0 Å². The van der Waals surface area contributed by atoms with Gasteiger partial charge in [-0.3, -0.25) is 10.1 Å². The van der Waals surface area contributed by atoms with Gasteiger partial charge < -0.3 is 5.32 Å². The first kappa shape index (κ1) is 9.90. The van der Waals surface area contributed by atoms with Crippen LogP contribution in [0.4, 0.5) is 0 Å². The highest BCUT2D eigenvalue weighted by Crippen LogP contribution is 2.33. The van der Waals surface area contributed by atoms with Crippen molar-refractivity contribution in [1.82, 2.24) is 5.32 Å². The average molecular weight is 198 g/mol. The Bertz CT molecular complexity index is 232. The van der Waals surface area contributed by atoms with Gasteiger partial charge in [0.15, 0.2) is 0 Å². The molecule has 1 aliphatic carbocycles. The zero-order chi connectivity index (χ0) is 10.1. The highest BCUT2D eigenvalue weighted by molar-refractivity contribution is 4.92. The van der Waals surface area contributed by atoms with Crippen LogP contribution in [0.2, 0.25) is 0 Å². The molecule has 4 nitrogen and oxygen atoms in total. The summed E-state index contributed by atoms with van der Waals surface area (Å²) in [6.07, 6.45) is 5.26. The Morgan fingerprint density at radius 2 is 2.07 bits per heavy atom. The molecule has 1 saturated carbocycles. The highest BCUT2D eigenvalue weighted by Gasteiger charge is 2.43. The quantitative estimate of drug-likeness (QED) is 0.514. The van der Waals surface area contributed by atoms with Gasteiger partial charge in [0.05, 0.1) is 0 Å². The Morgan fingerprint density at radius 1 is 1.36 bits per heavy atom. The largest absolute Gasteiger partial charge is 0.311 e. The Labute approximate surface area is 84.2 Å². The fraction of sp³-hybridized carbons (Fsp3) is 1.00. The number of rotatable bonds is 1. The molecule has 1 aliphatic heterocycles. The molecule has 0 spiro atoms. The highest BCUT2D eigenvalue weighted by atomic mass is 16.6. The van der Waals surface area contributed by atoms with Crippen molar-refractivity contribution in [2.24, 2.45) is 5.92 Å². The lowest BCUT2D eigenvalue weighted by Gasteiger charge is -2.40. The Hall–Kier alpha value is -0.640. The third-order valence-electron chi connectivity index (χ3n) is 3.68. The maximum atomic E-state index is 10.9. The molecule has 80 valence electrons. The molecule has 2 fully saturated rings. The van der Waals surface area contributed by atoms with Crippen LogP contribution in [0.1, 0.15) is 39.0 Å². The molecule has 1 saturated heterocycles. The third-order valence-corrected chi connectivity index (χ3v) is 3.68. The van der Waals surface area contributed by atoms with Crippen molar-refractivity contribution in [3.63, 3.8) is 0 Å². The molecule has 2 unspecified atom stereocenters. The van der Waals surface area contributed by atoms with Gasteiger partial charge in [-0.1, -0.05) is 12.8 Å². The first-order valence-electron chi connectivity index (χ1n) is 5.58. The minimum atomic E-state index is -0.295. The summed E-state index contributed by atoms with van der Waals surface area (Å²) in [6, 6.07) is 0.421.